The van der Waals surface area contributed by atoms with Crippen molar-refractivity contribution in [2.24, 2.45) is 0 Å². The van der Waals surface area contributed by atoms with Crippen molar-refractivity contribution < 1.29 is 4.79 Å². The van der Waals surface area contributed by atoms with E-state index in [0.29, 0.717) is 22.3 Å². The first-order chi connectivity index (χ1) is 12.0. The number of amides is 1. The van der Waals surface area contributed by atoms with Gasteiger partial charge in [-0.25, -0.2) is 9.84 Å². The lowest BCUT2D eigenvalue weighted by molar-refractivity contribution is -0.114. The molecule has 25 heavy (non-hydrogen) atoms. The molecule has 0 saturated carbocycles. The summed E-state index contributed by atoms with van der Waals surface area (Å²) < 4.78 is 1.95. The largest absolute Gasteiger partial charge is 0.324 e. The van der Waals surface area contributed by atoms with Gasteiger partial charge in [0.2, 0.25) is 0 Å². The number of anilines is 2. The van der Waals surface area contributed by atoms with E-state index >= 15 is 0 Å². The first kappa shape index (κ1) is 19.0. The Balaban J connectivity index is 1.69. The number of hydrogen-bond acceptors (Lipinski definition) is 4. The van der Waals surface area contributed by atoms with Crippen molar-refractivity contribution in [1.29, 1.82) is 0 Å². The normalized spacial score (nSPS) is 17.2. The molecule has 1 heterocycles. The highest BCUT2D eigenvalue weighted by atomic mass is 35.5. The lowest BCUT2D eigenvalue weighted by atomic mass is 10.1. The van der Waals surface area contributed by atoms with Gasteiger partial charge in [0.25, 0.3) is 5.91 Å². The van der Waals surface area contributed by atoms with Crippen molar-refractivity contribution in [3.05, 3.63) is 58.1 Å². The molecule has 0 aliphatic carbocycles. The molecule has 1 amide bonds. The van der Waals surface area contributed by atoms with E-state index in [1.54, 1.807) is 24.1 Å². The van der Waals surface area contributed by atoms with Crippen LogP contribution in [-0.4, -0.2) is 17.3 Å². The quantitative estimate of drug-likeness (QED) is 0.494. The molecule has 0 bridgehead atoms. The molecule has 1 fully saturated rings. The molecule has 9 heteroatoms. The minimum Gasteiger partial charge on any atom is -0.324 e. The first-order valence-electron chi connectivity index (χ1n) is 7.29. The number of alkyl halides is 2. The maximum absolute atomic E-state index is 11.5. The van der Waals surface area contributed by atoms with Crippen molar-refractivity contribution in [3.63, 3.8) is 0 Å². The van der Waals surface area contributed by atoms with Crippen molar-refractivity contribution in [3.8, 4) is 0 Å². The molecule has 2 aromatic rings. The minimum atomic E-state index is -1.10. The van der Waals surface area contributed by atoms with E-state index in [0.717, 1.165) is 11.3 Å². The summed E-state index contributed by atoms with van der Waals surface area (Å²) in [7, 11) is 0. The van der Waals surface area contributed by atoms with Gasteiger partial charge >= 0.3 is 0 Å². The molecule has 1 aliphatic heterocycles. The Labute approximate surface area is 169 Å². The number of hydrazine groups is 1. The Bertz CT molecular complexity index is 752. The van der Waals surface area contributed by atoms with E-state index < -0.39 is 10.7 Å². The summed E-state index contributed by atoms with van der Waals surface area (Å²) in [6.07, 6.45) is 0. The molecule has 3 rings (SSSR count). The van der Waals surface area contributed by atoms with Crippen molar-refractivity contribution >= 4 is 75.6 Å². The molecule has 1 aliphatic rings. The fourth-order valence-corrected chi connectivity index (χ4v) is 4.42. The third-order valence-corrected chi connectivity index (χ3v) is 5.81. The van der Waals surface area contributed by atoms with E-state index in [1.807, 2.05) is 34.7 Å². The SMILES string of the molecule is O=C(Nc1ccc(N2NCC(c3c(Cl)cccc3Cl)S2)cc1)C(Cl)Cl. The van der Waals surface area contributed by atoms with Crippen LogP contribution in [0.5, 0.6) is 0 Å². The van der Waals surface area contributed by atoms with Gasteiger partial charge in [-0.1, -0.05) is 52.5 Å². The monoisotopic (exact) mass is 435 g/mol. The van der Waals surface area contributed by atoms with Gasteiger partial charge in [0, 0.05) is 27.8 Å². The Morgan fingerprint density at radius 3 is 2.40 bits per heavy atom. The lowest BCUT2D eigenvalue weighted by Gasteiger charge is -2.18. The van der Waals surface area contributed by atoms with Crippen LogP contribution < -0.4 is 15.2 Å². The number of carbonyl (C=O) groups excluding carboxylic acids is 1. The van der Waals surface area contributed by atoms with Gasteiger partial charge in [0.15, 0.2) is 4.84 Å². The van der Waals surface area contributed by atoms with Crippen LogP contribution in [0.25, 0.3) is 0 Å². The molecule has 1 atom stereocenters. The third-order valence-electron chi connectivity index (χ3n) is 3.54. The van der Waals surface area contributed by atoms with E-state index in [4.69, 9.17) is 46.4 Å². The van der Waals surface area contributed by atoms with E-state index in [2.05, 4.69) is 10.7 Å². The zero-order chi connectivity index (χ0) is 18.0. The van der Waals surface area contributed by atoms with Crippen LogP contribution in [0.3, 0.4) is 0 Å². The standard InChI is InChI=1S/C16H13Cl4N3OS/c17-11-2-1-3-12(18)14(11)13-8-21-23(25-13)10-6-4-9(5-7-10)22-16(24)15(19)20/h1-7,13,15,21H,8H2,(H,22,24). The van der Waals surface area contributed by atoms with Crippen LogP contribution in [0.2, 0.25) is 10.0 Å². The van der Waals surface area contributed by atoms with Crippen LogP contribution in [0.1, 0.15) is 10.8 Å². The van der Waals surface area contributed by atoms with Crippen molar-refractivity contribution in [2.45, 2.75) is 10.1 Å². The predicted molar refractivity (Wildman–Crippen MR) is 108 cm³/mol. The topological polar surface area (TPSA) is 44.4 Å². The third kappa shape index (κ3) is 4.48. The average molecular weight is 437 g/mol. The second-order valence-electron chi connectivity index (χ2n) is 5.22. The van der Waals surface area contributed by atoms with Crippen LogP contribution in [0.15, 0.2) is 42.5 Å². The van der Waals surface area contributed by atoms with Crippen molar-refractivity contribution in [1.82, 2.24) is 5.43 Å². The van der Waals surface area contributed by atoms with E-state index in [9.17, 15) is 4.79 Å². The van der Waals surface area contributed by atoms with Gasteiger partial charge < -0.3 is 5.32 Å². The minimum absolute atomic E-state index is 0.105. The summed E-state index contributed by atoms with van der Waals surface area (Å²) in [5.74, 6) is -0.460. The molecule has 0 aromatic heterocycles. The highest BCUT2D eigenvalue weighted by Gasteiger charge is 2.28. The summed E-state index contributed by atoms with van der Waals surface area (Å²) in [6, 6.07) is 12.8. The molecule has 4 nitrogen and oxygen atoms in total. The molecule has 132 valence electrons. The molecule has 1 saturated heterocycles. The summed E-state index contributed by atoms with van der Waals surface area (Å²) in [5.41, 5.74) is 5.78. The summed E-state index contributed by atoms with van der Waals surface area (Å²) in [4.78, 5) is 10.4. The number of rotatable bonds is 4. The average Bonchev–Trinajstić information content (AvgIpc) is 3.05. The zero-order valence-electron chi connectivity index (χ0n) is 12.7. The fourth-order valence-electron chi connectivity index (χ4n) is 2.37. The number of nitrogens with one attached hydrogen (secondary N) is 2. The highest BCUT2D eigenvalue weighted by molar-refractivity contribution is 8.01. The summed E-state index contributed by atoms with van der Waals surface area (Å²) in [6.45, 7) is 0.701. The fraction of sp³-hybridized carbons (Fsp3) is 0.188. The first-order valence-corrected chi connectivity index (χ1v) is 9.75. The van der Waals surface area contributed by atoms with E-state index in [1.165, 1.54) is 0 Å². The number of benzene rings is 2. The van der Waals surface area contributed by atoms with Gasteiger partial charge in [-0.2, -0.15) is 0 Å². The van der Waals surface area contributed by atoms with E-state index in [-0.39, 0.29) is 5.25 Å². The van der Waals surface area contributed by atoms with Crippen molar-refractivity contribution in [2.75, 3.05) is 16.3 Å². The Kier molecular flexibility index (Phi) is 6.25. The second-order valence-corrected chi connectivity index (χ2v) is 8.28. The maximum atomic E-state index is 11.5. The number of hydrogen-bond donors (Lipinski definition) is 2. The number of halogens is 4. The Morgan fingerprint density at radius 1 is 1.16 bits per heavy atom. The van der Waals surface area contributed by atoms with Crippen LogP contribution in [0, 0.1) is 0 Å². The highest BCUT2D eigenvalue weighted by Crippen LogP contribution is 2.43. The van der Waals surface area contributed by atoms with Crippen LogP contribution >= 0.6 is 58.4 Å². The lowest BCUT2D eigenvalue weighted by Crippen LogP contribution is -2.25. The van der Waals surface area contributed by atoms with Gasteiger partial charge in [-0.15, -0.1) is 0 Å². The summed E-state index contributed by atoms with van der Waals surface area (Å²) >= 11 is 25.2. The summed E-state index contributed by atoms with van der Waals surface area (Å²) in [5, 5.41) is 4.04. The second kappa shape index (κ2) is 8.25. The van der Waals surface area contributed by atoms with Crippen LogP contribution in [0.4, 0.5) is 11.4 Å². The molecule has 0 radical (unpaired) electrons. The Morgan fingerprint density at radius 2 is 1.80 bits per heavy atom. The zero-order valence-corrected chi connectivity index (χ0v) is 16.5. The number of nitrogens with zero attached hydrogens (tertiary/aromatic N) is 1. The molecular weight excluding hydrogens is 424 g/mol. The molecular formula is C16H13Cl4N3OS. The van der Waals surface area contributed by atoms with Gasteiger partial charge in [0.05, 0.1) is 10.9 Å². The molecule has 2 N–H and O–H groups in total. The molecule has 1 unspecified atom stereocenters. The predicted octanol–water partition coefficient (Wildman–Crippen LogP) is 5.45. The maximum Gasteiger partial charge on any atom is 0.257 e. The molecule has 0 spiro atoms. The van der Waals surface area contributed by atoms with Gasteiger partial charge in [-0.05, 0) is 48.3 Å². The smallest absolute Gasteiger partial charge is 0.257 e. The van der Waals surface area contributed by atoms with Gasteiger partial charge in [0.1, 0.15) is 0 Å². The Hall–Kier alpha value is -0.820. The molecule has 2 aromatic carbocycles. The number of carbonyl (C=O) groups is 1. The van der Waals surface area contributed by atoms with Gasteiger partial charge in [-0.3, -0.25) is 4.79 Å². The van der Waals surface area contributed by atoms with Crippen LogP contribution in [-0.2, 0) is 4.79 Å².